The summed E-state index contributed by atoms with van der Waals surface area (Å²) < 4.78 is 5.47. The zero-order valence-electron chi connectivity index (χ0n) is 14.5. The van der Waals surface area contributed by atoms with Crippen molar-refractivity contribution in [3.8, 4) is 0 Å². The molecule has 1 atom stereocenters. The Morgan fingerprint density at radius 1 is 1.12 bits per heavy atom. The monoisotopic (exact) mass is 355 g/mol. The lowest BCUT2D eigenvalue weighted by molar-refractivity contribution is -0.114. The summed E-state index contributed by atoms with van der Waals surface area (Å²) in [5.41, 5.74) is 1.77. The van der Waals surface area contributed by atoms with Gasteiger partial charge < -0.3 is 20.7 Å². The third-order valence-electron chi connectivity index (χ3n) is 3.89. The van der Waals surface area contributed by atoms with Gasteiger partial charge in [0.25, 0.3) is 5.91 Å². The van der Waals surface area contributed by atoms with Gasteiger partial charge in [-0.2, -0.15) is 0 Å². The Morgan fingerprint density at radius 3 is 2.50 bits per heavy atom. The average molecular weight is 355 g/mol. The predicted molar refractivity (Wildman–Crippen MR) is 97.4 cm³/mol. The van der Waals surface area contributed by atoms with Crippen molar-refractivity contribution in [1.29, 1.82) is 0 Å². The normalized spacial score (nSPS) is 16.1. The highest BCUT2D eigenvalue weighted by Crippen LogP contribution is 2.17. The van der Waals surface area contributed by atoms with Crippen LogP contribution in [0.5, 0.6) is 0 Å². The minimum atomic E-state index is -0.265. The molecule has 0 spiro atoms. The number of hydrogen-bond donors (Lipinski definition) is 3. The lowest BCUT2D eigenvalue weighted by Gasteiger charge is -2.10. The van der Waals surface area contributed by atoms with Crippen LogP contribution >= 0.6 is 0 Å². The number of rotatable bonds is 6. The number of benzene rings is 1. The van der Waals surface area contributed by atoms with E-state index in [4.69, 9.17) is 4.74 Å². The Balaban J connectivity index is 1.53. The zero-order chi connectivity index (χ0) is 18.4. The van der Waals surface area contributed by atoms with Crippen molar-refractivity contribution >= 4 is 29.0 Å². The van der Waals surface area contributed by atoms with Crippen LogP contribution in [0.1, 0.15) is 30.3 Å². The second-order valence-corrected chi connectivity index (χ2v) is 6.03. The summed E-state index contributed by atoms with van der Waals surface area (Å²) in [6.07, 6.45) is 2.09. The third kappa shape index (κ3) is 5.00. The van der Waals surface area contributed by atoms with Crippen LogP contribution in [0.4, 0.5) is 17.2 Å². The van der Waals surface area contributed by atoms with E-state index in [0.717, 1.165) is 25.1 Å². The van der Waals surface area contributed by atoms with Crippen LogP contribution in [-0.4, -0.2) is 41.3 Å². The molecule has 0 saturated carbocycles. The maximum atomic E-state index is 12.1. The molecule has 1 aromatic carbocycles. The van der Waals surface area contributed by atoms with Crippen molar-refractivity contribution in [2.24, 2.45) is 0 Å². The molecule has 1 unspecified atom stereocenters. The van der Waals surface area contributed by atoms with Crippen LogP contribution in [-0.2, 0) is 9.53 Å². The lowest BCUT2D eigenvalue weighted by atomic mass is 10.2. The molecule has 1 saturated heterocycles. The van der Waals surface area contributed by atoms with Gasteiger partial charge in [0, 0.05) is 31.5 Å². The summed E-state index contributed by atoms with van der Waals surface area (Å²) in [4.78, 5) is 23.1. The molecule has 1 fully saturated rings. The van der Waals surface area contributed by atoms with E-state index in [0.29, 0.717) is 18.1 Å². The van der Waals surface area contributed by atoms with E-state index in [2.05, 4.69) is 26.1 Å². The number of nitrogens with zero attached hydrogens (tertiary/aromatic N) is 2. The summed E-state index contributed by atoms with van der Waals surface area (Å²) in [5, 5.41) is 16.6. The number of carbonyl (C=O) groups excluding carboxylic acids is 2. The van der Waals surface area contributed by atoms with Crippen LogP contribution < -0.4 is 16.0 Å². The van der Waals surface area contributed by atoms with Gasteiger partial charge in [-0.25, -0.2) is 0 Å². The van der Waals surface area contributed by atoms with E-state index in [1.165, 1.54) is 6.92 Å². The minimum absolute atomic E-state index is 0.0910. The van der Waals surface area contributed by atoms with Crippen LogP contribution in [0.25, 0.3) is 0 Å². The second-order valence-electron chi connectivity index (χ2n) is 6.03. The fraction of sp³-hybridized carbons (Fsp3) is 0.333. The number of anilines is 3. The number of ether oxygens (including phenoxy) is 1. The first-order valence-corrected chi connectivity index (χ1v) is 8.48. The quantitative estimate of drug-likeness (QED) is 0.733. The summed E-state index contributed by atoms with van der Waals surface area (Å²) in [7, 11) is 0. The highest BCUT2D eigenvalue weighted by molar-refractivity contribution is 5.92. The molecule has 1 aliphatic heterocycles. The zero-order valence-corrected chi connectivity index (χ0v) is 14.5. The smallest absolute Gasteiger partial charge is 0.271 e. The van der Waals surface area contributed by atoms with Gasteiger partial charge in [0.1, 0.15) is 0 Å². The van der Waals surface area contributed by atoms with E-state index in [-0.39, 0.29) is 23.6 Å². The van der Waals surface area contributed by atoms with E-state index in [9.17, 15) is 9.59 Å². The van der Waals surface area contributed by atoms with Crippen molar-refractivity contribution in [1.82, 2.24) is 15.5 Å². The van der Waals surface area contributed by atoms with E-state index in [1.54, 1.807) is 24.3 Å². The van der Waals surface area contributed by atoms with Gasteiger partial charge in [-0.1, -0.05) is 0 Å². The largest absolute Gasteiger partial charge is 0.376 e. The van der Waals surface area contributed by atoms with Gasteiger partial charge in [0.2, 0.25) is 5.91 Å². The standard InChI is InChI=1S/C18H21N5O3/c1-12(24)20-13-4-6-14(7-5-13)21-17-9-8-16(22-23-17)18(25)19-11-15-3-2-10-26-15/h4-9,15H,2-3,10-11H2,1H3,(H,19,25)(H,20,24)(H,21,23). The van der Waals surface area contributed by atoms with Gasteiger partial charge in [-0.05, 0) is 49.2 Å². The summed E-state index contributed by atoms with van der Waals surface area (Å²) in [6, 6.07) is 10.5. The molecule has 0 radical (unpaired) electrons. The van der Waals surface area contributed by atoms with Gasteiger partial charge >= 0.3 is 0 Å². The third-order valence-corrected chi connectivity index (χ3v) is 3.89. The van der Waals surface area contributed by atoms with E-state index in [1.807, 2.05) is 12.1 Å². The lowest BCUT2D eigenvalue weighted by Crippen LogP contribution is -2.32. The Labute approximate surface area is 151 Å². The number of hydrogen-bond acceptors (Lipinski definition) is 6. The Bertz CT molecular complexity index is 755. The van der Waals surface area contributed by atoms with Crippen LogP contribution in [0.15, 0.2) is 36.4 Å². The summed E-state index contributed by atoms with van der Waals surface area (Å²) >= 11 is 0. The molecule has 26 heavy (non-hydrogen) atoms. The highest BCUT2D eigenvalue weighted by Gasteiger charge is 2.17. The highest BCUT2D eigenvalue weighted by atomic mass is 16.5. The van der Waals surface area contributed by atoms with Crippen molar-refractivity contribution < 1.29 is 14.3 Å². The Kier molecular flexibility index (Phi) is 5.75. The Hall–Kier alpha value is -3.00. The maximum absolute atomic E-state index is 12.1. The molecule has 1 aromatic heterocycles. The maximum Gasteiger partial charge on any atom is 0.271 e. The molecule has 0 bridgehead atoms. The molecule has 3 N–H and O–H groups in total. The number of nitrogens with one attached hydrogen (secondary N) is 3. The van der Waals surface area contributed by atoms with Crippen LogP contribution in [0, 0.1) is 0 Å². The second kappa shape index (κ2) is 8.39. The number of amides is 2. The molecule has 3 rings (SSSR count). The SMILES string of the molecule is CC(=O)Nc1ccc(Nc2ccc(C(=O)NCC3CCCO3)nn2)cc1. The molecular formula is C18H21N5O3. The van der Waals surface area contributed by atoms with Crippen molar-refractivity contribution in [3.63, 3.8) is 0 Å². The van der Waals surface area contributed by atoms with Crippen molar-refractivity contribution in [3.05, 3.63) is 42.1 Å². The molecule has 8 heteroatoms. The molecular weight excluding hydrogens is 334 g/mol. The van der Waals surface area contributed by atoms with E-state index < -0.39 is 0 Å². The fourth-order valence-corrected chi connectivity index (χ4v) is 2.61. The molecule has 8 nitrogen and oxygen atoms in total. The van der Waals surface area contributed by atoms with E-state index >= 15 is 0 Å². The first-order chi connectivity index (χ1) is 12.6. The number of aromatic nitrogens is 2. The van der Waals surface area contributed by atoms with Gasteiger partial charge in [-0.15, -0.1) is 10.2 Å². The number of carbonyl (C=O) groups is 2. The van der Waals surface area contributed by atoms with Crippen molar-refractivity contribution in [2.45, 2.75) is 25.9 Å². The predicted octanol–water partition coefficient (Wildman–Crippen LogP) is 2.09. The first-order valence-electron chi connectivity index (χ1n) is 8.48. The van der Waals surface area contributed by atoms with Gasteiger partial charge in [-0.3, -0.25) is 9.59 Å². The minimum Gasteiger partial charge on any atom is -0.376 e. The summed E-state index contributed by atoms with van der Waals surface area (Å²) in [6.45, 7) is 2.70. The molecule has 2 amide bonds. The molecule has 136 valence electrons. The van der Waals surface area contributed by atoms with Gasteiger partial charge in [0.05, 0.1) is 6.10 Å². The molecule has 0 aliphatic carbocycles. The van der Waals surface area contributed by atoms with Gasteiger partial charge in [0.15, 0.2) is 11.5 Å². The van der Waals surface area contributed by atoms with Crippen molar-refractivity contribution in [2.75, 3.05) is 23.8 Å². The topological polar surface area (TPSA) is 105 Å². The summed E-state index contributed by atoms with van der Waals surface area (Å²) in [5.74, 6) is 0.136. The van der Waals surface area contributed by atoms with Crippen LogP contribution in [0.3, 0.4) is 0 Å². The average Bonchev–Trinajstić information content (AvgIpc) is 3.15. The molecule has 1 aliphatic rings. The molecule has 2 heterocycles. The fourth-order valence-electron chi connectivity index (χ4n) is 2.61. The molecule has 2 aromatic rings. The van der Waals surface area contributed by atoms with Crippen LogP contribution in [0.2, 0.25) is 0 Å². The Morgan fingerprint density at radius 2 is 1.88 bits per heavy atom. The first kappa shape index (κ1) is 17.8.